The van der Waals surface area contributed by atoms with Gasteiger partial charge in [0.1, 0.15) is 0 Å². The molecule has 2 heteroatoms. The number of nitrogens with zero attached hydrogens (tertiary/aromatic N) is 1. The highest BCUT2D eigenvalue weighted by Gasteiger charge is 2.43. The van der Waals surface area contributed by atoms with Crippen LogP contribution in [0.15, 0.2) is 0 Å². The molecule has 0 aromatic rings. The van der Waals surface area contributed by atoms with Crippen molar-refractivity contribution in [3.8, 4) is 0 Å². The van der Waals surface area contributed by atoms with Crippen molar-refractivity contribution in [2.24, 2.45) is 16.6 Å². The van der Waals surface area contributed by atoms with E-state index in [1.807, 2.05) is 0 Å². The van der Waals surface area contributed by atoms with Gasteiger partial charge in [0.05, 0.1) is 0 Å². The van der Waals surface area contributed by atoms with Gasteiger partial charge in [0, 0.05) is 18.1 Å². The Morgan fingerprint density at radius 3 is 1.94 bits per heavy atom. The largest absolute Gasteiger partial charge is 0.326 e. The van der Waals surface area contributed by atoms with Gasteiger partial charge in [-0.3, -0.25) is 4.90 Å². The molecular formula is C16H32N2. The summed E-state index contributed by atoms with van der Waals surface area (Å²) in [5.41, 5.74) is 7.37. The predicted molar refractivity (Wildman–Crippen MR) is 78.6 cm³/mol. The molecule has 2 unspecified atom stereocenters. The lowest BCUT2D eigenvalue weighted by atomic mass is 9.75. The monoisotopic (exact) mass is 252 g/mol. The molecule has 2 N–H and O–H groups in total. The SMILES string of the molecule is CN(C1CCC(C)(C)CC1)C1CCC(C)(C)C1N. The molecule has 0 aromatic heterocycles. The minimum atomic E-state index is 0.326. The first-order valence-corrected chi connectivity index (χ1v) is 7.70. The van der Waals surface area contributed by atoms with Crippen LogP contribution in [0.3, 0.4) is 0 Å². The van der Waals surface area contributed by atoms with Crippen molar-refractivity contribution in [3.05, 3.63) is 0 Å². The zero-order valence-corrected chi connectivity index (χ0v) is 13.0. The third-order valence-electron chi connectivity index (χ3n) is 5.81. The molecule has 0 bridgehead atoms. The fourth-order valence-corrected chi connectivity index (χ4v) is 3.91. The van der Waals surface area contributed by atoms with E-state index in [0.29, 0.717) is 22.9 Å². The summed E-state index contributed by atoms with van der Waals surface area (Å²) in [6.45, 7) is 9.48. The minimum absolute atomic E-state index is 0.326. The summed E-state index contributed by atoms with van der Waals surface area (Å²) >= 11 is 0. The van der Waals surface area contributed by atoms with Crippen molar-refractivity contribution >= 4 is 0 Å². The van der Waals surface area contributed by atoms with Crippen molar-refractivity contribution in [2.75, 3.05) is 7.05 Å². The second kappa shape index (κ2) is 4.79. The van der Waals surface area contributed by atoms with Gasteiger partial charge < -0.3 is 5.73 Å². The van der Waals surface area contributed by atoms with Crippen LogP contribution in [0.5, 0.6) is 0 Å². The van der Waals surface area contributed by atoms with Crippen LogP contribution in [0.2, 0.25) is 0 Å². The summed E-state index contributed by atoms with van der Waals surface area (Å²) in [7, 11) is 2.31. The van der Waals surface area contributed by atoms with Crippen LogP contribution in [0.25, 0.3) is 0 Å². The highest BCUT2D eigenvalue weighted by molar-refractivity contribution is 5.00. The van der Waals surface area contributed by atoms with Gasteiger partial charge in [-0.15, -0.1) is 0 Å². The Balaban J connectivity index is 1.95. The molecule has 0 saturated heterocycles. The standard InChI is InChI=1S/C16H32N2/c1-15(2)9-6-12(7-10-15)18(5)13-8-11-16(3,4)14(13)17/h12-14H,6-11,17H2,1-5H3. The number of hydrogen-bond donors (Lipinski definition) is 1. The van der Waals surface area contributed by atoms with E-state index >= 15 is 0 Å². The fourth-order valence-electron chi connectivity index (χ4n) is 3.91. The van der Waals surface area contributed by atoms with Gasteiger partial charge in [0.15, 0.2) is 0 Å². The molecule has 18 heavy (non-hydrogen) atoms. The minimum Gasteiger partial charge on any atom is -0.326 e. The average Bonchev–Trinajstić information content (AvgIpc) is 2.53. The summed E-state index contributed by atoms with van der Waals surface area (Å²) in [6.07, 6.45) is 8.01. The van der Waals surface area contributed by atoms with E-state index in [2.05, 4.69) is 39.6 Å². The molecule has 0 radical (unpaired) electrons. The molecule has 2 nitrogen and oxygen atoms in total. The summed E-state index contributed by atoms with van der Waals surface area (Å²) in [6, 6.07) is 1.71. The Labute approximate surface area is 113 Å². The van der Waals surface area contributed by atoms with Crippen LogP contribution >= 0.6 is 0 Å². The first-order chi connectivity index (χ1) is 8.23. The van der Waals surface area contributed by atoms with Crippen LogP contribution in [0, 0.1) is 10.8 Å². The first kappa shape index (κ1) is 14.3. The topological polar surface area (TPSA) is 29.3 Å². The Morgan fingerprint density at radius 2 is 1.50 bits per heavy atom. The third kappa shape index (κ3) is 2.75. The molecule has 0 amide bonds. The lowest BCUT2D eigenvalue weighted by Gasteiger charge is -2.42. The number of nitrogens with two attached hydrogens (primary N) is 1. The maximum absolute atomic E-state index is 6.48. The molecular weight excluding hydrogens is 220 g/mol. The van der Waals surface area contributed by atoms with E-state index in [1.54, 1.807) is 0 Å². The van der Waals surface area contributed by atoms with Crippen molar-refractivity contribution < 1.29 is 0 Å². The van der Waals surface area contributed by atoms with Crippen LogP contribution in [-0.4, -0.2) is 30.1 Å². The quantitative estimate of drug-likeness (QED) is 0.816. The summed E-state index contributed by atoms with van der Waals surface area (Å²) in [5, 5.41) is 0. The molecule has 106 valence electrons. The second-order valence-electron chi connectivity index (χ2n) is 8.18. The molecule has 0 aromatic carbocycles. The Bertz CT molecular complexity index is 285. The van der Waals surface area contributed by atoms with E-state index in [4.69, 9.17) is 5.73 Å². The normalized spacial score (nSPS) is 36.2. The smallest absolute Gasteiger partial charge is 0.0252 e. The van der Waals surface area contributed by atoms with Crippen LogP contribution < -0.4 is 5.73 Å². The second-order valence-corrected chi connectivity index (χ2v) is 8.18. The molecule has 2 atom stereocenters. The summed E-state index contributed by atoms with van der Waals surface area (Å²) in [4.78, 5) is 2.62. The lowest BCUT2D eigenvalue weighted by Crippen LogP contribution is -2.52. The summed E-state index contributed by atoms with van der Waals surface area (Å²) < 4.78 is 0. The number of likely N-dealkylation sites (N-methyl/N-ethyl adjacent to an activating group) is 1. The Kier molecular flexibility index (Phi) is 3.81. The van der Waals surface area contributed by atoms with Crippen molar-refractivity contribution in [3.63, 3.8) is 0 Å². The summed E-state index contributed by atoms with van der Waals surface area (Å²) in [5.74, 6) is 0. The first-order valence-electron chi connectivity index (χ1n) is 7.70. The van der Waals surface area contributed by atoms with Gasteiger partial charge in [0.2, 0.25) is 0 Å². The van der Waals surface area contributed by atoms with E-state index < -0.39 is 0 Å². The zero-order chi connectivity index (χ0) is 13.6. The fraction of sp³-hybridized carbons (Fsp3) is 1.00. The maximum atomic E-state index is 6.48. The van der Waals surface area contributed by atoms with Crippen LogP contribution in [-0.2, 0) is 0 Å². The maximum Gasteiger partial charge on any atom is 0.0252 e. The van der Waals surface area contributed by atoms with Gasteiger partial charge in [-0.2, -0.15) is 0 Å². The number of rotatable bonds is 2. The van der Waals surface area contributed by atoms with Crippen molar-refractivity contribution in [1.29, 1.82) is 0 Å². The third-order valence-corrected chi connectivity index (χ3v) is 5.81. The molecule has 2 aliphatic carbocycles. The van der Waals surface area contributed by atoms with Gasteiger partial charge in [-0.25, -0.2) is 0 Å². The molecule has 2 rings (SSSR count). The van der Waals surface area contributed by atoms with E-state index in [0.717, 1.165) is 6.04 Å². The molecule has 0 heterocycles. The van der Waals surface area contributed by atoms with Crippen LogP contribution in [0.1, 0.15) is 66.2 Å². The lowest BCUT2D eigenvalue weighted by molar-refractivity contribution is 0.0836. The van der Waals surface area contributed by atoms with E-state index in [9.17, 15) is 0 Å². The van der Waals surface area contributed by atoms with Crippen LogP contribution in [0.4, 0.5) is 0 Å². The van der Waals surface area contributed by atoms with Crippen molar-refractivity contribution in [1.82, 2.24) is 4.90 Å². The Hall–Kier alpha value is -0.0800. The molecule has 2 fully saturated rings. The number of hydrogen-bond acceptors (Lipinski definition) is 2. The molecule has 2 saturated carbocycles. The van der Waals surface area contributed by atoms with Gasteiger partial charge in [-0.1, -0.05) is 27.7 Å². The van der Waals surface area contributed by atoms with Gasteiger partial charge >= 0.3 is 0 Å². The zero-order valence-electron chi connectivity index (χ0n) is 13.0. The molecule has 2 aliphatic rings. The van der Waals surface area contributed by atoms with Crippen molar-refractivity contribution in [2.45, 2.75) is 84.3 Å². The van der Waals surface area contributed by atoms with Gasteiger partial charge in [-0.05, 0) is 56.4 Å². The molecule has 0 spiro atoms. The van der Waals surface area contributed by atoms with Gasteiger partial charge in [0.25, 0.3) is 0 Å². The van der Waals surface area contributed by atoms with E-state index in [-0.39, 0.29) is 0 Å². The van der Waals surface area contributed by atoms with E-state index in [1.165, 1.54) is 38.5 Å². The highest BCUT2D eigenvalue weighted by atomic mass is 15.2. The molecule has 0 aliphatic heterocycles. The highest BCUT2D eigenvalue weighted by Crippen LogP contribution is 2.42. The Morgan fingerprint density at radius 1 is 0.944 bits per heavy atom. The average molecular weight is 252 g/mol. The predicted octanol–water partition coefficient (Wildman–Crippen LogP) is 3.40.